The monoisotopic (exact) mass is 369 g/mol. The molecular formula is C20H23N3O4. The summed E-state index contributed by atoms with van der Waals surface area (Å²) in [4.78, 5) is 30.7. The van der Waals surface area contributed by atoms with E-state index in [9.17, 15) is 9.59 Å². The van der Waals surface area contributed by atoms with Crippen LogP contribution in [0.15, 0.2) is 42.6 Å². The number of hydrogen-bond donors (Lipinski definition) is 1. The zero-order chi connectivity index (χ0) is 19.2. The van der Waals surface area contributed by atoms with Gasteiger partial charge in [0.2, 0.25) is 11.8 Å². The molecular weight excluding hydrogens is 346 g/mol. The fourth-order valence-corrected chi connectivity index (χ4v) is 3.13. The molecule has 2 aromatic rings. The highest BCUT2D eigenvalue weighted by Crippen LogP contribution is 2.24. The molecule has 7 nitrogen and oxygen atoms in total. The summed E-state index contributed by atoms with van der Waals surface area (Å²) in [7, 11) is 3.17. The summed E-state index contributed by atoms with van der Waals surface area (Å²) in [6, 6.07) is 11.0. The summed E-state index contributed by atoms with van der Waals surface area (Å²) < 4.78 is 10.5. The summed E-state index contributed by atoms with van der Waals surface area (Å²) in [5, 5.41) is 2.90. The quantitative estimate of drug-likeness (QED) is 0.804. The molecule has 2 heterocycles. The molecule has 3 rings (SSSR count). The summed E-state index contributed by atoms with van der Waals surface area (Å²) in [6.45, 7) is 1.13. The zero-order valence-electron chi connectivity index (χ0n) is 15.5. The first kappa shape index (κ1) is 18.7. The number of nitrogens with one attached hydrogen (secondary N) is 1. The van der Waals surface area contributed by atoms with Crippen LogP contribution in [0, 0.1) is 5.92 Å². The molecule has 1 aromatic heterocycles. The van der Waals surface area contributed by atoms with Gasteiger partial charge in [0.1, 0.15) is 11.5 Å². The van der Waals surface area contributed by atoms with Crippen molar-refractivity contribution in [2.75, 3.05) is 20.8 Å². The minimum absolute atomic E-state index is 0.0280. The molecule has 1 N–H and O–H groups in total. The maximum Gasteiger partial charge on any atom is 0.225 e. The summed E-state index contributed by atoms with van der Waals surface area (Å²) in [6.07, 6.45) is 1.91. The molecule has 0 bridgehead atoms. The van der Waals surface area contributed by atoms with Gasteiger partial charge in [0.15, 0.2) is 0 Å². The fourth-order valence-electron chi connectivity index (χ4n) is 3.13. The van der Waals surface area contributed by atoms with E-state index < -0.39 is 0 Å². The van der Waals surface area contributed by atoms with Crippen molar-refractivity contribution in [3.05, 3.63) is 53.9 Å². The van der Waals surface area contributed by atoms with Gasteiger partial charge in [-0.15, -0.1) is 0 Å². The third kappa shape index (κ3) is 4.55. The summed E-state index contributed by atoms with van der Waals surface area (Å²) in [5.41, 5.74) is 1.63. The molecule has 1 fully saturated rings. The van der Waals surface area contributed by atoms with Crippen molar-refractivity contribution in [3.8, 4) is 11.5 Å². The molecule has 0 aliphatic carbocycles. The minimum Gasteiger partial charge on any atom is -0.497 e. The number of carbonyl (C=O) groups excluding carboxylic acids is 2. The number of carbonyl (C=O) groups is 2. The number of benzene rings is 1. The van der Waals surface area contributed by atoms with Crippen molar-refractivity contribution in [2.24, 2.45) is 5.92 Å². The van der Waals surface area contributed by atoms with Crippen LogP contribution >= 0.6 is 0 Å². The van der Waals surface area contributed by atoms with Crippen LogP contribution in [0.25, 0.3) is 0 Å². The van der Waals surface area contributed by atoms with E-state index in [1.807, 2.05) is 24.3 Å². The highest BCUT2D eigenvalue weighted by Gasteiger charge is 2.34. The molecule has 0 unspecified atom stereocenters. The topological polar surface area (TPSA) is 80.8 Å². The number of pyridine rings is 1. The van der Waals surface area contributed by atoms with E-state index >= 15 is 0 Å². The number of likely N-dealkylation sites (tertiary alicyclic amines) is 1. The number of ether oxygens (including phenoxy) is 2. The van der Waals surface area contributed by atoms with Crippen LogP contribution in [0.3, 0.4) is 0 Å². The van der Waals surface area contributed by atoms with E-state index in [0.29, 0.717) is 31.1 Å². The Bertz CT molecular complexity index is 810. The molecule has 0 saturated carbocycles. The van der Waals surface area contributed by atoms with Crippen LogP contribution in [0.1, 0.15) is 17.7 Å². The molecule has 1 aliphatic rings. The van der Waals surface area contributed by atoms with Crippen molar-refractivity contribution >= 4 is 11.8 Å². The molecule has 1 aromatic carbocycles. The molecule has 142 valence electrons. The number of hydrogen-bond acceptors (Lipinski definition) is 5. The molecule has 1 saturated heterocycles. The zero-order valence-corrected chi connectivity index (χ0v) is 15.5. The van der Waals surface area contributed by atoms with Crippen LogP contribution in [-0.2, 0) is 22.7 Å². The predicted molar refractivity (Wildman–Crippen MR) is 99.2 cm³/mol. The predicted octanol–water partition coefficient (Wildman–Crippen LogP) is 1.76. The number of rotatable bonds is 7. The van der Waals surface area contributed by atoms with Gasteiger partial charge in [0.05, 0.1) is 32.4 Å². The smallest absolute Gasteiger partial charge is 0.225 e. The van der Waals surface area contributed by atoms with E-state index in [2.05, 4.69) is 10.3 Å². The lowest BCUT2D eigenvalue weighted by atomic mass is 10.1. The van der Waals surface area contributed by atoms with Gasteiger partial charge >= 0.3 is 0 Å². The van der Waals surface area contributed by atoms with E-state index in [0.717, 1.165) is 11.3 Å². The summed E-state index contributed by atoms with van der Waals surface area (Å²) in [5.74, 6) is 0.835. The average molecular weight is 369 g/mol. The Kier molecular flexibility index (Phi) is 5.90. The molecule has 1 atom stereocenters. The molecule has 27 heavy (non-hydrogen) atoms. The Morgan fingerprint density at radius 3 is 2.81 bits per heavy atom. The second-order valence-electron chi connectivity index (χ2n) is 6.39. The molecule has 2 amide bonds. The Hall–Kier alpha value is -3.09. The maximum absolute atomic E-state index is 12.5. The summed E-state index contributed by atoms with van der Waals surface area (Å²) >= 11 is 0. The highest BCUT2D eigenvalue weighted by atomic mass is 16.5. The first-order chi connectivity index (χ1) is 13.1. The van der Waals surface area contributed by atoms with Gasteiger partial charge in [-0.05, 0) is 30.3 Å². The maximum atomic E-state index is 12.5. The molecule has 1 aliphatic heterocycles. The van der Waals surface area contributed by atoms with Crippen molar-refractivity contribution in [1.29, 1.82) is 0 Å². The third-order valence-electron chi connectivity index (χ3n) is 4.60. The Labute approximate surface area is 158 Å². The lowest BCUT2D eigenvalue weighted by Crippen LogP contribution is -2.32. The van der Waals surface area contributed by atoms with Gasteiger partial charge in [-0.25, -0.2) is 0 Å². The van der Waals surface area contributed by atoms with Gasteiger partial charge < -0.3 is 19.7 Å². The minimum atomic E-state index is -0.363. The van der Waals surface area contributed by atoms with Gasteiger partial charge in [-0.1, -0.05) is 6.07 Å². The Morgan fingerprint density at radius 2 is 2.11 bits per heavy atom. The van der Waals surface area contributed by atoms with Crippen LogP contribution < -0.4 is 14.8 Å². The number of amides is 2. The Balaban J connectivity index is 1.58. The fraction of sp³-hybridized carbons (Fsp3) is 0.350. The number of nitrogens with zero attached hydrogens (tertiary/aromatic N) is 2. The van der Waals surface area contributed by atoms with Crippen LogP contribution in [0.2, 0.25) is 0 Å². The van der Waals surface area contributed by atoms with Crippen molar-refractivity contribution in [2.45, 2.75) is 19.5 Å². The van der Waals surface area contributed by atoms with Crippen LogP contribution in [0.5, 0.6) is 11.5 Å². The van der Waals surface area contributed by atoms with Gasteiger partial charge in [-0.2, -0.15) is 0 Å². The second kappa shape index (κ2) is 8.53. The van der Waals surface area contributed by atoms with Gasteiger partial charge in [0, 0.05) is 31.3 Å². The second-order valence-corrected chi connectivity index (χ2v) is 6.39. The number of methoxy groups -OCH3 is 2. The van der Waals surface area contributed by atoms with Crippen molar-refractivity contribution in [3.63, 3.8) is 0 Å². The SMILES string of the molecule is COc1ccc(OC)c(CNC(=O)[C@H]2CC(=O)N(Cc3ccccn3)C2)c1. The molecule has 7 heteroatoms. The lowest BCUT2D eigenvalue weighted by molar-refractivity contribution is -0.129. The Morgan fingerprint density at radius 1 is 1.26 bits per heavy atom. The van der Waals surface area contributed by atoms with Crippen LogP contribution in [-0.4, -0.2) is 42.5 Å². The normalized spacial score (nSPS) is 16.3. The van der Waals surface area contributed by atoms with E-state index in [1.54, 1.807) is 37.4 Å². The molecule has 0 spiro atoms. The lowest BCUT2D eigenvalue weighted by Gasteiger charge is -2.16. The van der Waals surface area contributed by atoms with E-state index in [4.69, 9.17) is 9.47 Å². The van der Waals surface area contributed by atoms with Crippen molar-refractivity contribution < 1.29 is 19.1 Å². The van der Waals surface area contributed by atoms with E-state index in [1.165, 1.54) is 0 Å². The molecule has 0 radical (unpaired) electrons. The van der Waals surface area contributed by atoms with Crippen molar-refractivity contribution in [1.82, 2.24) is 15.2 Å². The average Bonchev–Trinajstić information content (AvgIpc) is 3.07. The first-order valence-electron chi connectivity index (χ1n) is 8.77. The van der Waals surface area contributed by atoms with E-state index in [-0.39, 0.29) is 24.2 Å². The van der Waals surface area contributed by atoms with Gasteiger partial charge in [0.25, 0.3) is 0 Å². The van der Waals surface area contributed by atoms with Gasteiger partial charge in [-0.3, -0.25) is 14.6 Å². The van der Waals surface area contributed by atoms with Crippen LogP contribution in [0.4, 0.5) is 0 Å². The standard InChI is InChI=1S/C20H23N3O4/c1-26-17-6-7-18(27-2)14(9-17)11-22-20(25)15-10-19(24)23(12-15)13-16-5-3-4-8-21-16/h3-9,15H,10-13H2,1-2H3,(H,22,25)/t15-/m0/s1. The first-order valence-corrected chi connectivity index (χ1v) is 8.77. The third-order valence-corrected chi connectivity index (χ3v) is 4.60. The largest absolute Gasteiger partial charge is 0.497 e. The number of aromatic nitrogens is 1. The highest BCUT2D eigenvalue weighted by molar-refractivity contribution is 5.89.